The van der Waals surface area contributed by atoms with Crippen molar-refractivity contribution >= 4 is 11.4 Å². The smallest absolute Gasteiger partial charge is 0.133 e. The van der Waals surface area contributed by atoms with Crippen LogP contribution in [0.2, 0.25) is 0 Å². The van der Waals surface area contributed by atoms with Gasteiger partial charge in [0.25, 0.3) is 0 Å². The zero-order valence-electron chi connectivity index (χ0n) is 9.47. The van der Waals surface area contributed by atoms with Crippen molar-refractivity contribution in [3.8, 4) is 0 Å². The van der Waals surface area contributed by atoms with E-state index in [1.807, 2.05) is 49.2 Å². The Labute approximate surface area is 94.6 Å². The highest BCUT2D eigenvalue weighted by atomic mass is 16.5. The van der Waals surface area contributed by atoms with Crippen LogP contribution in [0.5, 0.6) is 0 Å². The molecule has 0 aliphatic carbocycles. The van der Waals surface area contributed by atoms with E-state index < -0.39 is 0 Å². The van der Waals surface area contributed by atoms with E-state index in [2.05, 4.69) is 5.16 Å². The van der Waals surface area contributed by atoms with Crippen LogP contribution in [0.15, 0.2) is 34.9 Å². The Balaban J connectivity index is 2.14. The number of aryl methyl sites for hydroxylation is 1. The van der Waals surface area contributed by atoms with Crippen LogP contribution in [0.25, 0.3) is 0 Å². The molecule has 0 aliphatic heterocycles. The highest BCUT2D eigenvalue weighted by molar-refractivity contribution is 5.66. The van der Waals surface area contributed by atoms with Crippen LogP contribution >= 0.6 is 0 Å². The Hall–Kier alpha value is -1.97. The molecule has 0 spiro atoms. The van der Waals surface area contributed by atoms with E-state index in [0.29, 0.717) is 6.54 Å². The number of hydrogen-bond donors (Lipinski definition) is 1. The van der Waals surface area contributed by atoms with Gasteiger partial charge in [0.2, 0.25) is 0 Å². The highest BCUT2D eigenvalue weighted by Crippen LogP contribution is 2.22. The van der Waals surface area contributed by atoms with Gasteiger partial charge in [0, 0.05) is 13.1 Å². The van der Waals surface area contributed by atoms with Crippen molar-refractivity contribution < 1.29 is 4.52 Å². The van der Waals surface area contributed by atoms with E-state index in [1.165, 1.54) is 0 Å². The first kappa shape index (κ1) is 10.5. The molecule has 16 heavy (non-hydrogen) atoms. The van der Waals surface area contributed by atoms with E-state index in [9.17, 15) is 0 Å². The van der Waals surface area contributed by atoms with Gasteiger partial charge in [0.15, 0.2) is 0 Å². The van der Waals surface area contributed by atoms with Gasteiger partial charge in [-0.25, -0.2) is 0 Å². The first-order valence-electron chi connectivity index (χ1n) is 5.14. The molecule has 84 valence electrons. The van der Waals surface area contributed by atoms with Crippen LogP contribution in [0, 0.1) is 6.92 Å². The van der Waals surface area contributed by atoms with Crippen molar-refractivity contribution in [3.63, 3.8) is 0 Å². The Morgan fingerprint density at radius 2 is 2.12 bits per heavy atom. The summed E-state index contributed by atoms with van der Waals surface area (Å²) >= 11 is 0. The zero-order valence-corrected chi connectivity index (χ0v) is 9.47. The molecule has 0 aliphatic rings. The molecule has 0 saturated heterocycles. The monoisotopic (exact) mass is 217 g/mol. The summed E-state index contributed by atoms with van der Waals surface area (Å²) < 4.78 is 5.02. The normalized spacial score (nSPS) is 10.4. The summed E-state index contributed by atoms with van der Waals surface area (Å²) in [6.45, 7) is 2.57. The van der Waals surface area contributed by atoms with Gasteiger partial charge in [-0.05, 0) is 19.1 Å². The van der Waals surface area contributed by atoms with E-state index in [4.69, 9.17) is 10.3 Å². The second kappa shape index (κ2) is 4.26. The van der Waals surface area contributed by atoms with Crippen LogP contribution in [-0.4, -0.2) is 12.2 Å². The van der Waals surface area contributed by atoms with Gasteiger partial charge in [0.1, 0.15) is 11.5 Å². The number of benzene rings is 1. The van der Waals surface area contributed by atoms with Crippen LogP contribution in [-0.2, 0) is 6.54 Å². The molecule has 0 unspecified atom stereocenters. The van der Waals surface area contributed by atoms with E-state index >= 15 is 0 Å². The van der Waals surface area contributed by atoms with Gasteiger partial charge in [-0.1, -0.05) is 17.3 Å². The quantitative estimate of drug-likeness (QED) is 0.801. The van der Waals surface area contributed by atoms with Crippen molar-refractivity contribution in [2.45, 2.75) is 13.5 Å². The fraction of sp³-hybridized carbons (Fsp3) is 0.250. The van der Waals surface area contributed by atoms with Gasteiger partial charge in [0.05, 0.1) is 17.9 Å². The Bertz CT molecular complexity index is 479. The van der Waals surface area contributed by atoms with Gasteiger partial charge >= 0.3 is 0 Å². The Morgan fingerprint density at radius 1 is 1.38 bits per heavy atom. The second-order valence-corrected chi connectivity index (χ2v) is 3.84. The molecule has 4 nitrogen and oxygen atoms in total. The van der Waals surface area contributed by atoms with Crippen molar-refractivity contribution in [2.75, 3.05) is 17.7 Å². The second-order valence-electron chi connectivity index (χ2n) is 3.84. The zero-order chi connectivity index (χ0) is 11.5. The minimum absolute atomic E-state index is 0.686. The number of aromatic nitrogens is 1. The van der Waals surface area contributed by atoms with Crippen LogP contribution in [0.4, 0.5) is 11.4 Å². The molecule has 0 amide bonds. The fourth-order valence-electron chi connectivity index (χ4n) is 1.66. The summed E-state index contributed by atoms with van der Waals surface area (Å²) in [5.41, 5.74) is 8.57. The minimum atomic E-state index is 0.686. The molecule has 0 fully saturated rings. The lowest BCUT2D eigenvalue weighted by Crippen LogP contribution is -2.17. The summed E-state index contributed by atoms with van der Waals surface area (Å²) in [5, 5.41) is 3.95. The molecule has 2 aromatic rings. The molecule has 1 aromatic carbocycles. The summed E-state index contributed by atoms with van der Waals surface area (Å²) in [6.07, 6.45) is 0. The lowest BCUT2D eigenvalue weighted by Gasteiger charge is -2.19. The van der Waals surface area contributed by atoms with Crippen molar-refractivity contribution in [1.29, 1.82) is 0 Å². The molecule has 1 heterocycles. The highest BCUT2D eigenvalue weighted by Gasteiger charge is 2.07. The maximum atomic E-state index is 5.89. The topological polar surface area (TPSA) is 55.3 Å². The van der Waals surface area contributed by atoms with Gasteiger partial charge in [-0.15, -0.1) is 0 Å². The third-order valence-corrected chi connectivity index (χ3v) is 2.42. The summed E-state index contributed by atoms with van der Waals surface area (Å²) in [7, 11) is 1.98. The standard InChI is InChI=1S/C12H15N3O/c1-9-7-10(14-16-9)8-15(2)12-6-4-3-5-11(12)13/h3-7H,8,13H2,1-2H3. The van der Waals surface area contributed by atoms with Crippen LogP contribution in [0.3, 0.4) is 0 Å². The van der Waals surface area contributed by atoms with Crippen molar-refractivity contribution in [3.05, 3.63) is 41.8 Å². The lowest BCUT2D eigenvalue weighted by atomic mass is 10.2. The number of nitrogen functional groups attached to an aromatic ring is 1. The largest absolute Gasteiger partial charge is 0.397 e. The molecule has 0 atom stereocenters. The molecule has 0 saturated carbocycles. The van der Waals surface area contributed by atoms with Crippen molar-refractivity contribution in [2.24, 2.45) is 0 Å². The maximum absolute atomic E-state index is 5.89. The first-order chi connectivity index (χ1) is 7.66. The molecular formula is C12H15N3O. The number of nitrogens with zero attached hydrogens (tertiary/aromatic N) is 2. The van der Waals surface area contributed by atoms with Gasteiger partial charge < -0.3 is 15.2 Å². The van der Waals surface area contributed by atoms with E-state index in [-0.39, 0.29) is 0 Å². The first-order valence-corrected chi connectivity index (χ1v) is 5.14. The lowest BCUT2D eigenvalue weighted by molar-refractivity contribution is 0.390. The molecule has 0 bridgehead atoms. The summed E-state index contributed by atoms with van der Waals surface area (Å²) in [5.74, 6) is 0.824. The number of nitrogens with two attached hydrogens (primary N) is 1. The Kier molecular flexibility index (Phi) is 2.81. The average molecular weight is 217 g/mol. The average Bonchev–Trinajstić information content (AvgIpc) is 2.64. The van der Waals surface area contributed by atoms with E-state index in [1.54, 1.807) is 0 Å². The number of para-hydroxylation sites is 2. The predicted molar refractivity (Wildman–Crippen MR) is 64.2 cm³/mol. The third-order valence-electron chi connectivity index (χ3n) is 2.42. The fourth-order valence-corrected chi connectivity index (χ4v) is 1.66. The maximum Gasteiger partial charge on any atom is 0.133 e. The molecule has 1 aromatic heterocycles. The van der Waals surface area contributed by atoms with Gasteiger partial charge in [-0.3, -0.25) is 0 Å². The third kappa shape index (κ3) is 2.16. The summed E-state index contributed by atoms with van der Waals surface area (Å²) in [4.78, 5) is 2.05. The molecular weight excluding hydrogens is 202 g/mol. The SMILES string of the molecule is Cc1cc(CN(C)c2ccccc2N)no1. The Morgan fingerprint density at radius 3 is 2.75 bits per heavy atom. The minimum Gasteiger partial charge on any atom is -0.397 e. The molecule has 4 heteroatoms. The molecule has 2 rings (SSSR count). The van der Waals surface area contributed by atoms with Crippen LogP contribution in [0.1, 0.15) is 11.5 Å². The molecule has 2 N–H and O–H groups in total. The number of hydrogen-bond acceptors (Lipinski definition) is 4. The number of anilines is 2. The van der Waals surface area contributed by atoms with E-state index in [0.717, 1.165) is 22.8 Å². The predicted octanol–water partition coefficient (Wildman–Crippen LogP) is 2.20. The van der Waals surface area contributed by atoms with Crippen molar-refractivity contribution in [1.82, 2.24) is 5.16 Å². The van der Waals surface area contributed by atoms with Gasteiger partial charge in [-0.2, -0.15) is 0 Å². The number of rotatable bonds is 3. The molecule has 0 radical (unpaired) electrons. The van der Waals surface area contributed by atoms with Crippen LogP contribution < -0.4 is 10.6 Å². The summed E-state index contributed by atoms with van der Waals surface area (Å²) in [6, 6.07) is 9.70.